The number of sulfonamides is 1. The Hall–Kier alpha value is -3.30. The van der Waals surface area contributed by atoms with Gasteiger partial charge in [-0.2, -0.15) is 0 Å². The highest BCUT2D eigenvalue weighted by molar-refractivity contribution is 7.92. The van der Waals surface area contributed by atoms with Gasteiger partial charge in [-0.15, -0.1) is 0 Å². The highest BCUT2D eigenvalue weighted by Crippen LogP contribution is 2.26. The number of methoxy groups -OCH3 is 2. The molecule has 1 aliphatic heterocycles. The summed E-state index contributed by atoms with van der Waals surface area (Å²) in [4.78, 5) is 17.4. The predicted molar refractivity (Wildman–Crippen MR) is 134 cm³/mol. The van der Waals surface area contributed by atoms with Gasteiger partial charge in [-0.05, 0) is 42.5 Å². The molecule has 0 aromatic heterocycles. The van der Waals surface area contributed by atoms with Gasteiger partial charge in [0.25, 0.3) is 10.0 Å². The summed E-state index contributed by atoms with van der Waals surface area (Å²) >= 11 is 0. The van der Waals surface area contributed by atoms with Crippen molar-refractivity contribution in [2.75, 3.05) is 51.2 Å². The molecule has 1 atom stereocenters. The quantitative estimate of drug-likeness (QED) is 0.559. The van der Waals surface area contributed by atoms with Crippen LogP contribution in [0, 0.1) is 6.42 Å². The van der Waals surface area contributed by atoms with E-state index in [0.29, 0.717) is 37.6 Å². The molecule has 0 spiro atoms. The maximum absolute atomic E-state index is 13.5. The molecule has 1 saturated heterocycles. The Labute approximate surface area is 207 Å². The van der Waals surface area contributed by atoms with E-state index in [1.807, 2.05) is 18.2 Å². The molecule has 185 valence electrons. The molecular weight excluding hydrogens is 466 g/mol. The molecule has 4 rings (SSSR count). The average molecular weight is 497 g/mol. The minimum absolute atomic E-state index is 0.0384. The molecule has 0 saturated carbocycles. The lowest BCUT2D eigenvalue weighted by Gasteiger charge is -2.40. The van der Waals surface area contributed by atoms with Crippen molar-refractivity contribution in [1.82, 2.24) is 9.80 Å². The zero-order chi connectivity index (χ0) is 24.8. The van der Waals surface area contributed by atoms with E-state index in [0.717, 1.165) is 5.76 Å². The fourth-order valence-electron chi connectivity index (χ4n) is 4.26. The topological polar surface area (TPSA) is 79.4 Å². The number of benzene rings is 2. The lowest BCUT2D eigenvalue weighted by molar-refractivity contribution is -0.131. The fourth-order valence-corrected chi connectivity index (χ4v) is 5.69. The number of carbonyl (C=O) groups is 1. The van der Waals surface area contributed by atoms with E-state index in [1.54, 1.807) is 61.6 Å². The van der Waals surface area contributed by atoms with E-state index < -0.39 is 10.0 Å². The molecule has 2 aromatic carbocycles. The van der Waals surface area contributed by atoms with Crippen molar-refractivity contribution in [3.05, 3.63) is 85.0 Å². The highest BCUT2D eigenvalue weighted by Gasteiger charge is 2.32. The summed E-state index contributed by atoms with van der Waals surface area (Å²) in [6, 6.07) is 14.9. The molecular formula is C26H30N3O5S. The molecule has 1 heterocycles. The first kappa shape index (κ1) is 24.8. The second kappa shape index (κ2) is 11.0. The number of hydrogen-bond donors (Lipinski definition) is 0. The molecule has 9 heteroatoms. The third-order valence-electron chi connectivity index (χ3n) is 6.22. The normalized spacial score (nSPS) is 18.6. The van der Waals surface area contributed by atoms with E-state index in [2.05, 4.69) is 11.3 Å². The molecule has 1 unspecified atom stereocenters. The number of amides is 1. The molecule has 1 amide bonds. The number of hydrogen-bond acceptors (Lipinski definition) is 6. The number of rotatable bonds is 8. The van der Waals surface area contributed by atoms with Crippen LogP contribution in [0.1, 0.15) is 0 Å². The summed E-state index contributed by atoms with van der Waals surface area (Å²) < 4.78 is 38.9. The Morgan fingerprint density at radius 2 is 1.63 bits per heavy atom. The second-order valence-corrected chi connectivity index (χ2v) is 10.1. The average Bonchev–Trinajstić information content (AvgIpc) is 2.92. The maximum Gasteiger partial charge on any atom is 0.264 e. The molecule has 2 aromatic rings. The smallest absolute Gasteiger partial charge is 0.264 e. The minimum Gasteiger partial charge on any atom is -0.499 e. The van der Waals surface area contributed by atoms with E-state index in [9.17, 15) is 13.2 Å². The van der Waals surface area contributed by atoms with Crippen LogP contribution in [0.15, 0.2) is 83.5 Å². The molecule has 0 N–H and O–H groups in total. The van der Waals surface area contributed by atoms with Gasteiger partial charge in [0.15, 0.2) is 0 Å². The summed E-state index contributed by atoms with van der Waals surface area (Å²) in [5.74, 6) is 1.23. The van der Waals surface area contributed by atoms with E-state index in [-0.39, 0.29) is 23.4 Å². The summed E-state index contributed by atoms with van der Waals surface area (Å²) in [5, 5.41) is 0. The molecule has 8 nitrogen and oxygen atoms in total. The van der Waals surface area contributed by atoms with Crippen molar-refractivity contribution in [2.24, 2.45) is 0 Å². The summed E-state index contributed by atoms with van der Waals surface area (Å²) in [7, 11) is -0.744. The largest absolute Gasteiger partial charge is 0.499 e. The van der Waals surface area contributed by atoms with Crippen LogP contribution in [0.3, 0.4) is 0 Å². The third kappa shape index (κ3) is 5.52. The summed E-state index contributed by atoms with van der Waals surface area (Å²) in [6.45, 7) is 2.05. The first-order valence-corrected chi connectivity index (χ1v) is 12.9. The van der Waals surface area contributed by atoms with Crippen molar-refractivity contribution in [1.29, 1.82) is 0 Å². The van der Waals surface area contributed by atoms with Crippen molar-refractivity contribution in [3.63, 3.8) is 0 Å². The van der Waals surface area contributed by atoms with Crippen LogP contribution in [0.4, 0.5) is 5.69 Å². The Bertz CT molecular complexity index is 1170. The second-order valence-electron chi connectivity index (χ2n) is 8.23. The zero-order valence-electron chi connectivity index (χ0n) is 19.9. The Balaban J connectivity index is 1.50. The van der Waals surface area contributed by atoms with Gasteiger partial charge in [-0.1, -0.05) is 30.4 Å². The molecule has 35 heavy (non-hydrogen) atoms. The van der Waals surface area contributed by atoms with Crippen molar-refractivity contribution < 1.29 is 22.7 Å². The number of allylic oxidation sites excluding steroid dienone is 2. The minimum atomic E-state index is -3.95. The van der Waals surface area contributed by atoms with Gasteiger partial charge in [0, 0.05) is 32.6 Å². The van der Waals surface area contributed by atoms with Crippen LogP contribution in [0.25, 0.3) is 0 Å². The van der Waals surface area contributed by atoms with E-state index >= 15 is 0 Å². The van der Waals surface area contributed by atoms with Crippen LogP contribution < -0.4 is 9.04 Å². The number of nitrogens with zero attached hydrogens (tertiary/aromatic N) is 3. The summed E-state index contributed by atoms with van der Waals surface area (Å²) in [6.07, 6.45) is 7.96. The van der Waals surface area contributed by atoms with Crippen LogP contribution >= 0.6 is 0 Å². The lowest BCUT2D eigenvalue weighted by atomic mass is 10.0. The van der Waals surface area contributed by atoms with E-state index in [4.69, 9.17) is 9.47 Å². The number of piperazine rings is 1. The number of anilines is 1. The van der Waals surface area contributed by atoms with Gasteiger partial charge in [-0.3, -0.25) is 14.0 Å². The summed E-state index contributed by atoms with van der Waals surface area (Å²) in [5.41, 5.74) is 0.403. The first-order chi connectivity index (χ1) is 16.9. The highest BCUT2D eigenvalue weighted by atomic mass is 32.2. The van der Waals surface area contributed by atoms with Gasteiger partial charge in [-0.25, -0.2) is 8.42 Å². The van der Waals surface area contributed by atoms with Crippen LogP contribution in [0.2, 0.25) is 0 Å². The molecule has 1 radical (unpaired) electrons. The van der Waals surface area contributed by atoms with E-state index in [1.165, 1.54) is 16.4 Å². The van der Waals surface area contributed by atoms with Crippen LogP contribution in [-0.4, -0.2) is 77.1 Å². The van der Waals surface area contributed by atoms with Gasteiger partial charge in [0.2, 0.25) is 5.91 Å². The van der Waals surface area contributed by atoms with Crippen molar-refractivity contribution >= 4 is 21.6 Å². The van der Waals surface area contributed by atoms with Crippen molar-refractivity contribution in [3.8, 4) is 5.75 Å². The molecule has 1 fully saturated rings. The molecule has 1 aliphatic carbocycles. The number of carbonyl (C=O) groups excluding carboxylic acids is 1. The first-order valence-electron chi connectivity index (χ1n) is 11.4. The zero-order valence-corrected chi connectivity index (χ0v) is 20.7. The Kier molecular flexibility index (Phi) is 7.77. The van der Waals surface area contributed by atoms with Gasteiger partial charge in [0.1, 0.15) is 18.1 Å². The van der Waals surface area contributed by atoms with Gasteiger partial charge >= 0.3 is 0 Å². The Morgan fingerprint density at radius 1 is 0.943 bits per heavy atom. The SMILES string of the molecule is COC1=CC=C[CH]C1N1CCN(C(=O)CN(c2ccc(OC)cc2)S(=O)(=O)c2ccccc2)CC1. The van der Waals surface area contributed by atoms with Crippen LogP contribution in [0.5, 0.6) is 5.75 Å². The Morgan fingerprint density at radius 3 is 2.26 bits per heavy atom. The van der Waals surface area contributed by atoms with Gasteiger partial charge < -0.3 is 14.4 Å². The number of ether oxygens (including phenoxy) is 2. The molecule has 0 bridgehead atoms. The van der Waals surface area contributed by atoms with Crippen molar-refractivity contribution in [2.45, 2.75) is 10.9 Å². The lowest BCUT2D eigenvalue weighted by Crippen LogP contribution is -2.54. The molecule has 2 aliphatic rings. The standard InChI is InChI=1S/C26H30N3O5S/c1-33-22-14-12-21(13-15-22)29(35(31,32)23-8-4-3-5-9-23)20-26(30)28-18-16-27(17-19-28)24-10-6-7-11-25(24)34-2/h3-15,24H,16-20H2,1-2H3. The maximum atomic E-state index is 13.5. The monoisotopic (exact) mass is 496 g/mol. The fraction of sp³-hybridized carbons (Fsp3) is 0.308. The van der Waals surface area contributed by atoms with Crippen LogP contribution in [-0.2, 0) is 19.6 Å². The van der Waals surface area contributed by atoms with Gasteiger partial charge in [0.05, 0.1) is 30.8 Å². The predicted octanol–water partition coefficient (Wildman–Crippen LogP) is 2.71. The third-order valence-corrected chi connectivity index (χ3v) is 8.01.